The van der Waals surface area contributed by atoms with Crippen LogP contribution in [0, 0.1) is 23.3 Å². The van der Waals surface area contributed by atoms with Crippen LogP contribution in [-0.2, 0) is 0 Å². The second-order valence-electron chi connectivity index (χ2n) is 4.36. The minimum absolute atomic E-state index is 0.0284. The second-order valence-corrected chi connectivity index (χ2v) is 4.36. The van der Waals surface area contributed by atoms with Gasteiger partial charge in [0.25, 0.3) is 5.91 Å². The van der Waals surface area contributed by atoms with Gasteiger partial charge >= 0.3 is 0 Å². The Balaban J connectivity index is 2.82. The van der Waals surface area contributed by atoms with Crippen LogP contribution in [0.5, 0.6) is 0 Å². The van der Waals surface area contributed by atoms with E-state index in [1.165, 1.54) is 7.05 Å². The van der Waals surface area contributed by atoms with E-state index in [4.69, 9.17) is 5.11 Å². The second kappa shape index (κ2) is 7.23. The van der Waals surface area contributed by atoms with Crippen LogP contribution in [0.3, 0.4) is 0 Å². The summed E-state index contributed by atoms with van der Waals surface area (Å²) in [5.41, 5.74) is -0.842. The third-order valence-electron chi connectivity index (χ3n) is 2.83. The van der Waals surface area contributed by atoms with Gasteiger partial charge in [-0.3, -0.25) is 4.79 Å². The van der Waals surface area contributed by atoms with Gasteiger partial charge in [-0.2, -0.15) is 0 Å². The number of hydrogen-bond donors (Lipinski definition) is 1. The standard InChI is InChI=1S/C13H15F4NO2/c1-18(5-3-2-4-6-19)13(20)8-7-9(14)11(16)12(17)10(8)15/h7,19H,2-6H2,1H3. The van der Waals surface area contributed by atoms with Crippen molar-refractivity contribution in [3.63, 3.8) is 0 Å². The fraction of sp³-hybridized carbons (Fsp3) is 0.462. The minimum atomic E-state index is -2.00. The van der Waals surface area contributed by atoms with E-state index in [1.54, 1.807) is 0 Å². The van der Waals surface area contributed by atoms with E-state index in [0.717, 1.165) is 4.90 Å². The Morgan fingerprint density at radius 3 is 2.35 bits per heavy atom. The molecule has 112 valence electrons. The number of rotatable bonds is 6. The minimum Gasteiger partial charge on any atom is -0.396 e. The quantitative estimate of drug-likeness (QED) is 0.379. The van der Waals surface area contributed by atoms with E-state index in [0.29, 0.717) is 25.3 Å². The maximum atomic E-state index is 13.4. The molecule has 0 saturated heterocycles. The average molecular weight is 293 g/mol. The fourth-order valence-electron chi connectivity index (χ4n) is 1.67. The highest BCUT2D eigenvalue weighted by Gasteiger charge is 2.24. The number of halogens is 4. The summed E-state index contributed by atoms with van der Waals surface area (Å²) >= 11 is 0. The number of unbranched alkanes of at least 4 members (excludes halogenated alkanes) is 2. The van der Waals surface area contributed by atoms with Gasteiger partial charge in [0.2, 0.25) is 0 Å². The number of nitrogens with zero attached hydrogens (tertiary/aromatic N) is 1. The zero-order chi connectivity index (χ0) is 15.3. The number of amides is 1. The van der Waals surface area contributed by atoms with Gasteiger partial charge in [0.15, 0.2) is 23.3 Å². The number of carbonyl (C=O) groups excluding carboxylic acids is 1. The van der Waals surface area contributed by atoms with Crippen molar-refractivity contribution in [2.45, 2.75) is 19.3 Å². The van der Waals surface area contributed by atoms with Crippen LogP contribution in [0.15, 0.2) is 6.07 Å². The zero-order valence-corrected chi connectivity index (χ0v) is 10.9. The van der Waals surface area contributed by atoms with E-state index in [-0.39, 0.29) is 13.2 Å². The molecule has 0 unspecified atom stereocenters. The van der Waals surface area contributed by atoms with Gasteiger partial charge in [-0.1, -0.05) is 0 Å². The first-order valence-electron chi connectivity index (χ1n) is 6.09. The summed E-state index contributed by atoms with van der Waals surface area (Å²) in [5, 5.41) is 8.59. The van der Waals surface area contributed by atoms with E-state index in [2.05, 4.69) is 0 Å². The molecule has 0 atom stereocenters. The van der Waals surface area contributed by atoms with Gasteiger partial charge in [-0.05, 0) is 25.3 Å². The molecule has 1 aromatic rings. The van der Waals surface area contributed by atoms with Gasteiger partial charge in [0, 0.05) is 20.2 Å². The van der Waals surface area contributed by atoms with Crippen molar-refractivity contribution in [3.8, 4) is 0 Å². The van der Waals surface area contributed by atoms with Crippen molar-refractivity contribution in [2.24, 2.45) is 0 Å². The van der Waals surface area contributed by atoms with Crippen LogP contribution >= 0.6 is 0 Å². The van der Waals surface area contributed by atoms with Crippen LogP contribution in [0.4, 0.5) is 17.6 Å². The Morgan fingerprint density at radius 2 is 1.75 bits per heavy atom. The van der Waals surface area contributed by atoms with E-state index in [1.807, 2.05) is 0 Å². The Bertz CT molecular complexity index is 494. The van der Waals surface area contributed by atoms with Gasteiger partial charge < -0.3 is 10.0 Å². The Labute approximate surface area is 113 Å². The molecular weight excluding hydrogens is 278 g/mol. The highest BCUT2D eigenvalue weighted by Crippen LogP contribution is 2.20. The number of aliphatic hydroxyl groups is 1. The van der Waals surface area contributed by atoms with Gasteiger partial charge in [0.05, 0.1) is 5.56 Å². The normalized spacial score (nSPS) is 10.7. The monoisotopic (exact) mass is 293 g/mol. The predicted molar refractivity (Wildman–Crippen MR) is 64.2 cm³/mol. The summed E-state index contributed by atoms with van der Waals surface area (Å²) in [6, 6.07) is 0.348. The molecule has 1 rings (SSSR count). The predicted octanol–water partition coefficient (Wildman–Crippen LogP) is 2.48. The lowest BCUT2D eigenvalue weighted by molar-refractivity contribution is 0.0785. The van der Waals surface area contributed by atoms with E-state index < -0.39 is 34.7 Å². The molecule has 0 spiro atoms. The van der Waals surface area contributed by atoms with Gasteiger partial charge in [-0.15, -0.1) is 0 Å². The third-order valence-corrected chi connectivity index (χ3v) is 2.83. The Morgan fingerprint density at radius 1 is 1.10 bits per heavy atom. The van der Waals surface area contributed by atoms with Crippen molar-refractivity contribution >= 4 is 5.91 Å². The summed E-state index contributed by atoms with van der Waals surface area (Å²) in [5.74, 6) is -8.17. The summed E-state index contributed by atoms with van der Waals surface area (Å²) in [4.78, 5) is 12.9. The smallest absolute Gasteiger partial charge is 0.256 e. The summed E-state index contributed by atoms with van der Waals surface area (Å²) < 4.78 is 52.3. The zero-order valence-electron chi connectivity index (χ0n) is 10.9. The largest absolute Gasteiger partial charge is 0.396 e. The Hall–Kier alpha value is -1.63. The molecule has 0 heterocycles. The van der Waals surface area contributed by atoms with Crippen LogP contribution in [0.2, 0.25) is 0 Å². The lowest BCUT2D eigenvalue weighted by atomic mass is 10.1. The van der Waals surface area contributed by atoms with Crippen molar-refractivity contribution in [1.29, 1.82) is 0 Å². The number of aliphatic hydroxyl groups excluding tert-OH is 1. The maximum Gasteiger partial charge on any atom is 0.256 e. The molecule has 0 aliphatic heterocycles. The molecule has 0 saturated carbocycles. The SMILES string of the molecule is CN(CCCCCO)C(=O)c1cc(F)c(F)c(F)c1F. The number of hydrogen-bond acceptors (Lipinski definition) is 2. The molecule has 20 heavy (non-hydrogen) atoms. The molecule has 0 bridgehead atoms. The van der Waals surface area contributed by atoms with Crippen LogP contribution in [0.1, 0.15) is 29.6 Å². The van der Waals surface area contributed by atoms with E-state index in [9.17, 15) is 22.4 Å². The molecule has 0 aromatic heterocycles. The molecule has 1 aromatic carbocycles. The molecular formula is C13H15F4NO2. The summed E-state index contributed by atoms with van der Waals surface area (Å²) in [6.07, 6.45) is 1.77. The van der Waals surface area contributed by atoms with Crippen molar-refractivity contribution in [1.82, 2.24) is 4.90 Å². The summed E-state index contributed by atoms with van der Waals surface area (Å²) in [7, 11) is 1.35. The van der Waals surface area contributed by atoms with Crippen LogP contribution in [-0.4, -0.2) is 36.1 Å². The highest BCUT2D eigenvalue weighted by atomic mass is 19.2. The first-order chi connectivity index (χ1) is 9.40. The topological polar surface area (TPSA) is 40.5 Å². The Kier molecular flexibility index (Phi) is 5.94. The molecule has 1 amide bonds. The van der Waals surface area contributed by atoms with Crippen molar-refractivity contribution in [3.05, 3.63) is 34.9 Å². The third kappa shape index (κ3) is 3.69. The number of carbonyl (C=O) groups is 1. The average Bonchev–Trinajstić information content (AvgIpc) is 2.44. The molecule has 0 aliphatic rings. The summed E-state index contributed by atoms with van der Waals surface area (Å²) in [6.45, 7) is 0.263. The molecule has 0 radical (unpaired) electrons. The van der Waals surface area contributed by atoms with Crippen molar-refractivity contribution in [2.75, 3.05) is 20.2 Å². The van der Waals surface area contributed by atoms with Crippen molar-refractivity contribution < 1.29 is 27.5 Å². The molecule has 3 nitrogen and oxygen atoms in total. The fourth-order valence-corrected chi connectivity index (χ4v) is 1.67. The molecule has 0 fully saturated rings. The molecule has 7 heteroatoms. The first-order valence-corrected chi connectivity index (χ1v) is 6.09. The lowest BCUT2D eigenvalue weighted by Crippen LogP contribution is -2.29. The molecule has 1 N–H and O–H groups in total. The van der Waals surface area contributed by atoms with Crippen LogP contribution < -0.4 is 0 Å². The van der Waals surface area contributed by atoms with E-state index >= 15 is 0 Å². The number of benzene rings is 1. The molecule has 0 aliphatic carbocycles. The first kappa shape index (κ1) is 16.4. The maximum absolute atomic E-state index is 13.4. The lowest BCUT2D eigenvalue weighted by Gasteiger charge is -2.17. The van der Waals surface area contributed by atoms with Gasteiger partial charge in [-0.25, -0.2) is 17.6 Å². The van der Waals surface area contributed by atoms with Crippen LogP contribution in [0.25, 0.3) is 0 Å². The van der Waals surface area contributed by atoms with Gasteiger partial charge in [0.1, 0.15) is 0 Å². The highest BCUT2D eigenvalue weighted by molar-refractivity contribution is 5.94.